The molecule has 1 aliphatic carbocycles. The average molecular weight is 528 g/mol. The number of rotatable bonds is 13. The van der Waals surface area contributed by atoms with Gasteiger partial charge in [0, 0.05) is 6.21 Å². The Bertz CT molecular complexity index is 1090. The molecule has 9 heteroatoms. The topological polar surface area (TPSA) is 113 Å². The van der Waals surface area contributed by atoms with Gasteiger partial charge in [0.2, 0.25) is 0 Å². The summed E-state index contributed by atoms with van der Waals surface area (Å²) in [7, 11) is 1.52. The number of esters is 2. The largest absolute Gasteiger partial charge is 0.493 e. The number of nitrogens with one attached hydrogen (secondary N) is 1. The summed E-state index contributed by atoms with van der Waals surface area (Å²) in [6.07, 6.45) is 3.76. The zero-order valence-corrected chi connectivity index (χ0v) is 22.5. The number of hydrogen-bond donors (Lipinski definition) is 1. The lowest BCUT2D eigenvalue weighted by Gasteiger charge is -2.28. The van der Waals surface area contributed by atoms with Gasteiger partial charge in [-0.1, -0.05) is 6.92 Å². The van der Waals surface area contributed by atoms with Gasteiger partial charge in [0.05, 0.1) is 30.9 Å². The van der Waals surface area contributed by atoms with Crippen molar-refractivity contribution in [3.63, 3.8) is 0 Å². The standard InChI is InChI=1S/C29H37NO8/c1-5-19(3)36-25-14-8-21(18-27(25)35-16-15-30)29(32)38-23-11-9-22(10-12-23)37-28(31)20-7-13-24(34-6-2)26(17-20)33-4/h7-8,13-15,17-19,22-23,30H,5-6,9-12,16H2,1-4H3. The Labute approximate surface area is 223 Å². The van der Waals surface area contributed by atoms with Crippen LogP contribution in [0.25, 0.3) is 0 Å². The molecule has 3 rings (SSSR count). The SMILES string of the molecule is CCOc1ccc(C(=O)OC2CCC(OC(=O)c3ccc(OC(C)CC)c(OCC=N)c3)CC2)cc1OC. The van der Waals surface area contributed by atoms with Crippen molar-refractivity contribution in [1.29, 1.82) is 5.41 Å². The van der Waals surface area contributed by atoms with Crippen LogP contribution >= 0.6 is 0 Å². The van der Waals surface area contributed by atoms with Crippen LogP contribution in [0, 0.1) is 5.41 Å². The van der Waals surface area contributed by atoms with Crippen LogP contribution in [-0.2, 0) is 9.47 Å². The number of carbonyl (C=O) groups excluding carboxylic acids is 2. The van der Waals surface area contributed by atoms with Gasteiger partial charge in [-0.3, -0.25) is 0 Å². The fraction of sp³-hybridized carbons (Fsp3) is 0.483. The minimum absolute atomic E-state index is 0.0177. The van der Waals surface area contributed by atoms with Crippen molar-refractivity contribution in [3.05, 3.63) is 47.5 Å². The Morgan fingerprint density at radius 2 is 1.42 bits per heavy atom. The lowest BCUT2D eigenvalue weighted by atomic mass is 9.95. The molecule has 206 valence electrons. The van der Waals surface area contributed by atoms with Crippen LogP contribution in [-0.4, -0.2) is 56.8 Å². The Balaban J connectivity index is 1.54. The summed E-state index contributed by atoms with van der Waals surface area (Å²) in [5.74, 6) is 1.07. The number of benzene rings is 2. The number of hydrogen-bond acceptors (Lipinski definition) is 9. The van der Waals surface area contributed by atoms with E-state index in [1.165, 1.54) is 7.11 Å². The molecular weight excluding hydrogens is 490 g/mol. The number of carbonyl (C=O) groups is 2. The van der Waals surface area contributed by atoms with Gasteiger partial charge in [-0.15, -0.1) is 0 Å². The molecule has 0 spiro atoms. The Kier molecular flexibility index (Phi) is 10.8. The van der Waals surface area contributed by atoms with E-state index in [-0.39, 0.29) is 24.9 Å². The van der Waals surface area contributed by atoms with E-state index < -0.39 is 11.9 Å². The molecule has 1 N–H and O–H groups in total. The fourth-order valence-electron chi connectivity index (χ4n) is 4.05. The highest BCUT2D eigenvalue weighted by atomic mass is 16.6. The van der Waals surface area contributed by atoms with Crippen molar-refractivity contribution in [1.82, 2.24) is 0 Å². The highest BCUT2D eigenvalue weighted by Crippen LogP contribution is 2.32. The van der Waals surface area contributed by atoms with Gasteiger partial charge in [-0.25, -0.2) is 9.59 Å². The Morgan fingerprint density at radius 1 is 0.868 bits per heavy atom. The van der Waals surface area contributed by atoms with Gasteiger partial charge >= 0.3 is 11.9 Å². The summed E-state index contributed by atoms with van der Waals surface area (Å²) in [5, 5.41) is 7.23. The first kappa shape index (κ1) is 28.8. The second-order valence-electron chi connectivity index (χ2n) is 9.02. The maximum atomic E-state index is 12.8. The fourth-order valence-corrected chi connectivity index (χ4v) is 4.05. The zero-order chi connectivity index (χ0) is 27.5. The molecule has 0 aliphatic heterocycles. The summed E-state index contributed by atoms with van der Waals surface area (Å²) in [6, 6.07) is 9.88. The van der Waals surface area contributed by atoms with E-state index in [2.05, 4.69) is 0 Å². The normalized spacial score (nSPS) is 17.6. The van der Waals surface area contributed by atoms with Crippen molar-refractivity contribution >= 4 is 18.2 Å². The first-order valence-corrected chi connectivity index (χ1v) is 13.0. The van der Waals surface area contributed by atoms with E-state index in [1.807, 2.05) is 20.8 Å². The summed E-state index contributed by atoms with van der Waals surface area (Å²) < 4.78 is 33.7. The summed E-state index contributed by atoms with van der Waals surface area (Å²) in [6.45, 7) is 6.40. The molecule has 38 heavy (non-hydrogen) atoms. The molecule has 1 atom stereocenters. The van der Waals surface area contributed by atoms with Crippen molar-refractivity contribution in [2.75, 3.05) is 20.3 Å². The molecule has 0 aromatic heterocycles. The number of methoxy groups -OCH3 is 1. The molecule has 1 fully saturated rings. The van der Waals surface area contributed by atoms with Gasteiger partial charge in [-0.2, -0.15) is 0 Å². The number of ether oxygens (including phenoxy) is 6. The molecule has 0 heterocycles. The predicted molar refractivity (Wildman–Crippen MR) is 142 cm³/mol. The van der Waals surface area contributed by atoms with E-state index >= 15 is 0 Å². The van der Waals surface area contributed by atoms with Gasteiger partial charge in [0.25, 0.3) is 0 Å². The molecule has 1 saturated carbocycles. The smallest absolute Gasteiger partial charge is 0.338 e. The van der Waals surface area contributed by atoms with E-state index in [1.54, 1.807) is 36.4 Å². The lowest BCUT2D eigenvalue weighted by Crippen LogP contribution is -2.29. The van der Waals surface area contributed by atoms with Crippen LogP contribution in [0.5, 0.6) is 23.0 Å². The third-order valence-electron chi connectivity index (χ3n) is 6.27. The first-order valence-electron chi connectivity index (χ1n) is 13.0. The minimum atomic E-state index is -0.457. The van der Waals surface area contributed by atoms with Gasteiger partial charge in [0.1, 0.15) is 18.8 Å². The Morgan fingerprint density at radius 3 is 1.92 bits per heavy atom. The average Bonchev–Trinajstić information content (AvgIpc) is 2.93. The molecule has 0 amide bonds. The molecule has 0 saturated heterocycles. The van der Waals surface area contributed by atoms with Crippen LogP contribution < -0.4 is 18.9 Å². The van der Waals surface area contributed by atoms with Crippen molar-refractivity contribution in [2.45, 2.75) is 71.2 Å². The molecular formula is C29H37NO8. The van der Waals surface area contributed by atoms with Gasteiger partial charge in [-0.05, 0) is 82.3 Å². The first-order chi connectivity index (χ1) is 18.4. The quantitative estimate of drug-likeness (QED) is 0.264. The van der Waals surface area contributed by atoms with Crippen LogP contribution in [0.2, 0.25) is 0 Å². The predicted octanol–water partition coefficient (Wildman–Crippen LogP) is 5.62. The third-order valence-corrected chi connectivity index (χ3v) is 6.27. The van der Waals surface area contributed by atoms with E-state index in [4.69, 9.17) is 33.8 Å². The maximum absolute atomic E-state index is 12.8. The van der Waals surface area contributed by atoms with Crippen LogP contribution in [0.15, 0.2) is 36.4 Å². The maximum Gasteiger partial charge on any atom is 0.338 e. The molecule has 0 bridgehead atoms. The van der Waals surface area contributed by atoms with Crippen LogP contribution in [0.4, 0.5) is 0 Å². The van der Waals surface area contributed by atoms with Crippen molar-refractivity contribution in [2.24, 2.45) is 0 Å². The Hall–Kier alpha value is -3.75. The van der Waals surface area contributed by atoms with Crippen LogP contribution in [0.1, 0.15) is 73.6 Å². The molecule has 1 aliphatic rings. The van der Waals surface area contributed by atoms with E-state index in [0.29, 0.717) is 66.4 Å². The van der Waals surface area contributed by atoms with Crippen LogP contribution in [0.3, 0.4) is 0 Å². The highest BCUT2D eigenvalue weighted by molar-refractivity contribution is 5.91. The third kappa shape index (κ3) is 7.87. The lowest BCUT2D eigenvalue weighted by molar-refractivity contribution is -0.0108. The second kappa shape index (κ2) is 14.3. The highest BCUT2D eigenvalue weighted by Gasteiger charge is 2.28. The zero-order valence-electron chi connectivity index (χ0n) is 22.5. The molecule has 1 unspecified atom stereocenters. The summed E-state index contributed by atoms with van der Waals surface area (Å²) in [4.78, 5) is 25.5. The van der Waals surface area contributed by atoms with E-state index in [9.17, 15) is 9.59 Å². The molecule has 0 radical (unpaired) electrons. The van der Waals surface area contributed by atoms with Crippen molar-refractivity contribution < 1.29 is 38.0 Å². The summed E-state index contributed by atoms with van der Waals surface area (Å²) in [5.41, 5.74) is 0.736. The monoisotopic (exact) mass is 527 g/mol. The van der Waals surface area contributed by atoms with Crippen molar-refractivity contribution in [3.8, 4) is 23.0 Å². The minimum Gasteiger partial charge on any atom is -0.493 e. The van der Waals surface area contributed by atoms with E-state index in [0.717, 1.165) is 12.6 Å². The van der Waals surface area contributed by atoms with Gasteiger partial charge in [0.15, 0.2) is 23.0 Å². The van der Waals surface area contributed by atoms with Gasteiger partial charge < -0.3 is 33.8 Å². The molecule has 9 nitrogen and oxygen atoms in total. The molecule has 2 aromatic rings. The second-order valence-corrected chi connectivity index (χ2v) is 9.02. The molecule has 2 aromatic carbocycles. The summed E-state index contributed by atoms with van der Waals surface area (Å²) >= 11 is 0.